The number of aliphatic hydroxyl groups excluding tert-OH is 1. The summed E-state index contributed by atoms with van der Waals surface area (Å²) >= 11 is 0. The van der Waals surface area contributed by atoms with E-state index in [1.807, 2.05) is 0 Å². The highest BCUT2D eigenvalue weighted by molar-refractivity contribution is 5.78. The molecule has 1 amide bonds. The first-order chi connectivity index (χ1) is 9.86. The second kappa shape index (κ2) is 6.44. The van der Waals surface area contributed by atoms with Gasteiger partial charge in [-0.05, 0) is 30.5 Å². The van der Waals surface area contributed by atoms with Crippen molar-refractivity contribution in [1.82, 2.24) is 10.6 Å². The van der Waals surface area contributed by atoms with Crippen LogP contribution in [0.15, 0.2) is 24.3 Å². The zero-order chi connectivity index (χ0) is 15.5. The molecule has 1 aliphatic carbocycles. The maximum Gasteiger partial charge on any atom is 0.416 e. The van der Waals surface area contributed by atoms with Crippen molar-refractivity contribution in [3.8, 4) is 0 Å². The molecule has 2 rings (SSSR count). The average molecular weight is 302 g/mol. The number of rotatable bonds is 6. The normalized spacial score (nSPS) is 16.6. The molecule has 0 heterocycles. The first kappa shape index (κ1) is 15.8. The Balaban J connectivity index is 1.84. The quantitative estimate of drug-likeness (QED) is 0.748. The van der Waals surface area contributed by atoms with Crippen molar-refractivity contribution < 1.29 is 23.1 Å². The van der Waals surface area contributed by atoms with Crippen LogP contribution in [0, 0.1) is 0 Å². The largest absolute Gasteiger partial charge is 0.416 e. The minimum absolute atomic E-state index is 0.119. The summed E-state index contributed by atoms with van der Waals surface area (Å²) in [5.41, 5.74) is -0.693. The Kier molecular flexibility index (Phi) is 4.84. The number of carbonyl (C=O) groups excluding carboxylic acids is 1. The van der Waals surface area contributed by atoms with Crippen LogP contribution in [-0.2, 0) is 11.0 Å². The van der Waals surface area contributed by atoms with Crippen LogP contribution in [0.25, 0.3) is 0 Å². The highest BCUT2D eigenvalue weighted by Gasteiger charge is 2.30. The molecule has 3 N–H and O–H groups in total. The summed E-state index contributed by atoms with van der Waals surface area (Å²) < 4.78 is 37.7. The lowest BCUT2D eigenvalue weighted by Crippen LogP contribution is -2.36. The van der Waals surface area contributed by atoms with Crippen LogP contribution in [0.3, 0.4) is 0 Å². The highest BCUT2D eigenvalue weighted by atomic mass is 19.4. The molecule has 0 spiro atoms. The summed E-state index contributed by atoms with van der Waals surface area (Å²) in [7, 11) is 0. The van der Waals surface area contributed by atoms with Gasteiger partial charge in [-0.1, -0.05) is 12.1 Å². The van der Waals surface area contributed by atoms with E-state index in [0.717, 1.165) is 25.0 Å². The number of hydrogen-bond donors (Lipinski definition) is 3. The third-order valence-electron chi connectivity index (χ3n) is 3.22. The molecule has 0 bridgehead atoms. The van der Waals surface area contributed by atoms with Crippen LogP contribution in [0.2, 0.25) is 0 Å². The summed E-state index contributed by atoms with van der Waals surface area (Å²) in [4.78, 5) is 11.5. The summed E-state index contributed by atoms with van der Waals surface area (Å²) in [5.74, 6) is -0.284. The Morgan fingerprint density at radius 1 is 1.38 bits per heavy atom. The topological polar surface area (TPSA) is 61.4 Å². The third-order valence-corrected chi connectivity index (χ3v) is 3.22. The van der Waals surface area contributed by atoms with E-state index in [0.29, 0.717) is 6.04 Å². The Bertz CT molecular complexity index is 501. The van der Waals surface area contributed by atoms with E-state index in [1.165, 1.54) is 12.1 Å². The van der Waals surface area contributed by atoms with Gasteiger partial charge in [-0.25, -0.2) is 0 Å². The molecule has 4 nitrogen and oxygen atoms in total. The summed E-state index contributed by atoms with van der Waals surface area (Å²) in [6, 6.07) is 4.85. The standard InChI is InChI=1S/C14H17F3N2O2/c15-14(16,17)10-3-1-2-9(6-10)12(20)7-19-13(21)8-18-11-4-5-11/h1-3,6,11-12,18,20H,4-5,7-8H2,(H,19,21). The van der Waals surface area contributed by atoms with Crippen molar-refractivity contribution in [3.05, 3.63) is 35.4 Å². The molecule has 0 saturated heterocycles. The summed E-state index contributed by atoms with van der Waals surface area (Å²) in [5, 5.41) is 15.3. The number of aliphatic hydroxyl groups is 1. The summed E-state index contributed by atoms with van der Waals surface area (Å²) in [6.45, 7) is 0.0342. The number of benzene rings is 1. The van der Waals surface area contributed by atoms with Gasteiger partial charge < -0.3 is 15.7 Å². The Labute approximate surface area is 120 Å². The van der Waals surface area contributed by atoms with Crippen molar-refractivity contribution in [2.75, 3.05) is 13.1 Å². The highest BCUT2D eigenvalue weighted by Crippen LogP contribution is 2.30. The van der Waals surface area contributed by atoms with E-state index in [4.69, 9.17) is 0 Å². The fourth-order valence-electron chi connectivity index (χ4n) is 1.84. The van der Waals surface area contributed by atoms with Crippen LogP contribution in [-0.4, -0.2) is 30.1 Å². The van der Waals surface area contributed by atoms with Gasteiger partial charge in [0.15, 0.2) is 0 Å². The Hall–Kier alpha value is -1.60. The first-order valence-corrected chi connectivity index (χ1v) is 6.71. The van der Waals surface area contributed by atoms with Gasteiger partial charge in [-0.2, -0.15) is 13.2 Å². The maximum absolute atomic E-state index is 12.6. The van der Waals surface area contributed by atoms with Crippen LogP contribution in [0.4, 0.5) is 13.2 Å². The molecular weight excluding hydrogens is 285 g/mol. The Morgan fingerprint density at radius 3 is 2.71 bits per heavy atom. The van der Waals surface area contributed by atoms with Crippen molar-refractivity contribution in [2.24, 2.45) is 0 Å². The van der Waals surface area contributed by atoms with Gasteiger partial charge >= 0.3 is 6.18 Å². The first-order valence-electron chi connectivity index (χ1n) is 6.71. The fourth-order valence-corrected chi connectivity index (χ4v) is 1.84. The molecular formula is C14H17F3N2O2. The molecule has 1 saturated carbocycles. The second-order valence-corrected chi connectivity index (χ2v) is 5.10. The van der Waals surface area contributed by atoms with Gasteiger partial charge in [-0.15, -0.1) is 0 Å². The van der Waals surface area contributed by atoms with E-state index in [1.54, 1.807) is 0 Å². The molecule has 21 heavy (non-hydrogen) atoms. The lowest BCUT2D eigenvalue weighted by Gasteiger charge is -2.14. The molecule has 1 aliphatic rings. The van der Waals surface area contributed by atoms with E-state index in [-0.39, 0.29) is 24.6 Å². The number of halogens is 3. The molecule has 7 heteroatoms. The predicted octanol–water partition coefficient (Wildman–Crippen LogP) is 1.61. The van der Waals surface area contributed by atoms with Crippen LogP contribution in [0.1, 0.15) is 30.1 Å². The molecule has 1 aromatic rings. The van der Waals surface area contributed by atoms with Crippen molar-refractivity contribution >= 4 is 5.91 Å². The van der Waals surface area contributed by atoms with Gasteiger partial charge in [0.2, 0.25) is 5.91 Å². The second-order valence-electron chi connectivity index (χ2n) is 5.10. The molecule has 1 atom stereocenters. The zero-order valence-corrected chi connectivity index (χ0v) is 11.3. The SMILES string of the molecule is O=C(CNC1CC1)NCC(O)c1cccc(C(F)(F)F)c1. The number of amides is 1. The van der Waals surface area contributed by atoms with Crippen LogP contribution in [0.5, 0.6) is 0 Å². The molecule has 1 fully saturated rings. The van der Waals surface area contributed by atoms with E-state index < -0.39 is 17.8 Å². The fraction of sp³-hybridized carbons (Fsp3) is 0.500. The number of alkyl halides is 3. The molecule has 0 radical (unpaired) electrons. The van der Waals surface area contributed by atoms with Crippen LogP contribution < -0.4 is 10.6 Å². The smallest absolute Gasteiger partial charge is 0.387 e. The van der Waals surface area contributed by atoms with E-state index in [2.05, 4.69) is 10.6 Å². The maximum atomic E-state index is 12.6. The lowest BCUT2D eigenvalue weighted by molar-refractivity contribution is -0.137. The number of carbonyl (C=O) groups is 1. The van der Waals surface area contributed by atoms with Gasteiger partial charge in [0, 0.05) is 12.6 Å². The minimum atomic E-state index is -4.45. The van der Waals surface area contributed by atoms with Crippen LogP contribution >= 0.6 is 0 Å². The third kappa shape index (κ3) is 5.02. The van der Waals surface area contributed by atoms with Gasteiger partial charge in [0.1, 0.15) is 0 Å². The monoisotopic (exact) mass is 302 g/mol. The average Bonchev–Trinajstić information content (AvgIpc) is 3.26. The molecule has 116 valence electrons. The number of hydrogen-bond acceptors (Lipinski definition) is 3. The van der Waals surface area contributed by atoms with E-state index in [9.17, 15) is 23.1 Å². The molecule has 1 aromatic carbocycles. The zero-order valence-electron chi connectivity index (χ0n) is 11.3. The molecule has 0 aliphatic heterocycles. The van der Waals surface area contributed by atoms with Crippen molar-refractivity contribution in [3.63, 3.8) is 0 Å². The van der Waals surface area contributed by atoms with Crippen molar-refractivity contribution in [2.45, 2.75) is 31.2 Å². The van der Waals surface area contributed by atoms with Crippen molar-refractivity contribution in [1.29, 1.82) is 0 Å². The Morgan fingerprint density at radius 2 is 2.10 bits per heavy atom. The van der Waals surface area contributed by atoms with E-state index >= 15 is 0 Å². The van der Waals surface area contributed by atoms with Gasteiger partial charge in [0.05, 0.1) is 18.2 Å². The van der Waals surface area contributed by atoms with Gasteiger partial charge in [0.25, 0.3) is 0 Å². The minimum Gasteiger partial charge on any atom is -0.387 e. The molecule has 1 unspecified atom stereocenters. The van der Waals surface area contributed by atoms with Gasteiger partial charge in [-0.3, -0.25) is 4.79 Å². The summed E-state index contributed by atoms with van der Waals surface area (Å²) in [6.07, 6.45) is -3.51. The predicted molar refractivity (Wildman–Crippen MR) is 70.4 cm³/mol. The molecule has 0 aromatic heterocycles. The number of nitrogens with one attached hydrogen (secondary N) is 2. The lowest BCUT2D eigenvalue weighted by atomic mass is 10.1.